The van der Waals surface area contributed by atoms with Gasteiger partial charge in [-0.2, -0.15) is 0 Å². The smallest absolute Gasteiger partial charge is 0.261 e. The van der Waals surface area contributed by atoms with Crippen LogP contribution in [0.1, 0.15) is 10.4 Å². The zero-order valence-electron chi connectivity index (χ0n) is 14.8. The molecule has 0 saturated carbocycles. The molecular weight excluding hydrogens is 444 g/mol. The lowest BCUT2D eigenvalue weighted by atomic mass is 10.2. The van der Waals surface area contributed by atoms with Crippen LogP contribution in [0.15, 0.2) is 82.2 Å². The van der Waals surface area contributed by atoms with E-state index in [9.17, 15) is 13.2 Å². The van der Waals surface area contributed by atoms with Gasteiger partial charge in [0.2, 0.25) is 0 Å². The van der Waals surface area contributed by atoms with Crippen LogP contribution in [0.4, 0.5) is 11.4 Å². The number of hydrogen-bond acceptors (Lipinski definition) is 4. The minimum atomic E-state index is -3.72. The van der Waals surface area contributed by atoms with E-state index in [1.54, 1.807) is 48.5 Å². The number of sulfonamides is 1. The van der Waals surface area contributed by atoms with Crippen molar-refractivity contribution in [1.82, 2.24) is 0 Å². The summed E-state index contributed by atoms with van der Waals surface area (Å²) in [7, 11) is -2.23. The number of ether oxygens (including phenoxy) is 1. The zero-order valence-corrected chi connectivity index (χ0v) is 17.2. The minimum Gasteiger partial charge on any atom is -0.496 e. The van der Waals surface area contributed by atoms with Crippen LogP contribution in [0.5, 0.6) is 5.75 Å². The van der Waals surface area contributed by atoms with Gasteiger partial charge in [-0.05, 0) is 54.6 Å². The van der Waals surface area contributed by atoms with E-state index in [-0.39, 0.29) is 10.8 Å². The molecule has 0 aliphatic heterocycles. The van der Waals surface area contributed by atoms with Crippen molar-refractivity contribution in [2.24, 2.45) is 0 Å². The van der Waals surface area contributed by atoms with Gasteiger partial charge < -0.3 is 10.1 Å². The van der Waals surface area contributed by atoms with Gasteiger partial charge in [0.05, 0.1) is 17.6 Å². The van der Waals surface area contributed by atoms with Gasteiger partial charge in [0.1, 0.15) is 5.75 Å². The van der Waals surface area contributed by atoms with Crippen molar-refractivity contribution in [3.05, 3.63) is 82.8 Å². The molecule has 0 aliphatic carbocycles. The third kappa shape index (κ3) is 4.71. The highest BCUT2D eigenvalue weighted by molar-refractivity contribution is 9.10. The number of carbonyl (C=O) groups is 1. The number of methoxy groups -OCH3 is 1. The molecular formula is C20H17BrN2O4S. The Bertz CT molecular complexity index is 1080. The summed E-state index contributed by atoms with van der Waals surface area (Å²) in [6.45, 7) is 0. The number of nitrogens with one attached hydrogen (secondary N) is 2. The van der Waals surface area contributed by atoms with Crippen LogP contribution in [-0.2, 0) is 10.0 Å². The van der Waals surface area contributed by atoms with E-state index in [0.29, 0.717) is 22.7 Å². The molecule has 8 heteroatoms. The standard InChI is InChI=1S/C20H17BrN2O4S/c1-27-19-12-7-14(21)13-18(19)20(24)22-15-8-10-17(11-9-15)28(25,26)23-16-5-3-2-4-6-16/h2-13,23H,1H3,(H,22,24). The predicted molar refractivity (Wildman–Crippen MR) is 112 cm³/mol. The van der Waals surface area contributed by atoms with E-state index >= 15 is 0 Å². The summed E-state index contributed by atoms with van der Waals surface area (Å²) >= 11 is 3.33. The fraction of sp³-hybridized carbons (Fsp3) is 0.0500. The van der Waals surface area contributed by atoms with E-state index in [2.05, 4.69) is 26.0 Å². The molecule has 1 amide bonds. The first-order valence-electron chi connectivity index (χ1n) is 8.22. The molecule has 0 spiro atoms. The van der Waals surface area contributed by atoms with Gasteiger partial charge in [0.15, 0.2) is 0 Å². The summed E-state index contributed by atoms with van der Waals surface area (Å²) in [6, 6.07) is 19.6. The van der Waals surface area contributed by atoms with Crippen molar-refractivity contribution < 1.29 is 17.9 Å². The maximum absolute atomic E-state index is 12.5. The van der Waals surface area contributed by atoms with Gasteiger partial charge in [-0.25, -0.2) is 8.42 Å². The monoisotopic (exact) mass is 460 g/mol. The van der Waals surface area contributed by atoms with Crippen molar-refractivity contribution in [2.45, 2.75) is 4.90 Å². The molecule has 3 aromatic carbocycles. The molecule has 3 aromatic rings. The van der Waals surface area contributed by atoms with E-state index in [1.807, 2.05) is 0 Å². The molecule has 0 aromatic heterocycles. The molecule has 0 heterocycles. The fourth-order valence-electron chi connectivity index (χ4n) is 2.49. The van der Waals surface area contributed by atoms with Crippen molar-refractivity contribution in [3.8, 4) is 5.75 Å². The summed E-state index contributed by atoms with van der Waals surface area (Å²) in [4.78, 5) is 12.6. The fourth-order valence-corrected chi connectivity index (χ4v) is 3.91. The number of amides is 1. The second-order valence-electron chi connectivity index (χ2n) is 5.79. The van der Waals surface area contributed by atoms with Crippen molar-refractivity contribution in [1.29, 1.82) is 0 Å². The Kier molecular flexibility index (Phi) is 6.01. The van der Waals surface area contributed by atoms with Crippen molar-refractivity contribution in [2.75, 3.05) is 17.1 Å². The largest absolute Gasteiger partial charge is 0.496 e. The van der Waals surface area contributed by atoms with Crippen LogP contribution in [0.25, 0.3) is 0 Å². The Hall–Kier alpha value is -2.84. The van der Waals surface area contributed by atoms with Gasteiger partial charge in [-0.3, -0.25) is 9.52 Å². The number of hydrogen-bond donors (Lipinski definition) is 2. The maximum atomic E-state index is 12.5. The van der Waals surface area contributed by atoms with Gasteiger partial charge in [-0.1, -0.05) is 34.1 Å². The minimum absolute atomic E-state index is 0.0920. The van der Waals surface area contributed by atoms with E-state index in [0.717, 1.165) is 4.47 Å². The summed E-state index contributed by atoms with van der Waals surface area (Å²) in [5.74, 6) is 0.0723. The molecule has 2 N–H and O–H groups in total. The highest BCUT2D eigenvalue weighted by Crippen LogP contribution is 2.24. The van der Waals surface area contributed by atoms with Crippen LogP contribution >= 0.6 is 15.9 Å². The highest BCUT2D eigenvalue weighted by atomic mass is 79.9. The van der Waals surface area contributed by atoms with Gasteiger partial charge in [0.25, 0.3) is 15.9 Å². The third-order valence-electron chi connectivity index (χ3n) is 3.85. The summed E-state index contributed by atoms with van der Waals surface area (Å²) in [5.41, 5.74) is 1.30. The zero-order chi connectivity index (χ0) is 20.1. The Labute approximate surface area is 171 Å². The molecule has 0 unspecified atom stereocenters. The normalized spacial score (nSPS) is 10.9. The first-order valence-corrected chi connectivity index (χ1v) is 10.5. The molecule has 0 radical (unpaired) electrons. The van der Waals surface area contributed by atoms with Gasteiger partial charge in [-0.15, -0.1) is 0 Å². The van der Waals surface area contributed by atoms with E-state index in [1.165, 1.54) is 31.4 Å². The van der Waals surface area contributed by atoms with E-state index in [4.69, 9.17) is 4.74 Å². The first-order chi connectivity index (χ1) is 13.4. The van der Waals surface area contributed by atoms with E-state index < -0.39 is 10.0 Å². The topological polar surface area (TPSA) is 84.5 Å². The number of halogens is 1. The molecule has 0 aliphatic rings. The number of anilines is 2. The Balaban J connectivity index is 1.76. The van der Waals surface area contributed by atoms with Crippen LogP contribution in [0.2, 0.25) is 0 Å². The van der Waals surface area contributed by atoms with Gasteiger partial charge >= 0.3 is 0 Å². The highest BCUT2D eigenvalue weighted by Gasteiger charge is 2.16. The first kappa shape index (κ1) is 19.9. The second kappa shape index (κ2) is 8.45. The number of rotatable bonds is 6. The predicted octanol–water partition coefficient (Wildman–Crippen LogP) is 4.51. The van der Waals surface area contributed by atoms with Crippen molar-refractivity contribution >= 4 is 43.2 Å². The molecule has 28 heavy (non-hydrogen) atoms. The quantitative estimate of drug-likeness (QED) is 0.566. The summed E-state index contributed by atoms with van der Waals surface area (Å²) in [6.07, 6.45) is 0. The van der Waals surface area contributed by atoms with Crippen molar-refractivity contribution in [3.63, 3.8) is 0 Å². The SMILES string of the molecule is COc1ccc(Br)cc1C(=O)Nc1ccc(S(=O)(=O)Nc2ccccc2)cc1. The molecule has 144 valence electrons. The van der Waals surface area contributed by atoms with Crippen LogP contribution in [-0.4, -0.2) is 21.4 Å². The maximum Gasteiger partial charge on any atom is 0.261 e. The average molecular weight is 461 g/mol. The second-order valence-corrected chi connectivity index (χ2v) is 8.39. The van der Waals surface area contributed by atoms with Gasteiger partial charge in [0, 0.05) is 15.8 Å². The molecule has 0 fully saturated rings. The lowest BCUT2D eigenvalue weighted by Gasteiger charge is -2.11. The summed E-state index contributed by atoms with van der Waals surface area (Å²) < 4.78 is 33.4. The molecule has 0 atom stereocenters. The molecule has 3 rings (SSSR count). The molecule has 0 saturated heterocycles. The van der Waals surface area contributed by atoms with Crippen LogP contribution in [0.3, 0.4) is 0 Å². The molecule has 0 bridgehead atoms. The average Bonchev–Trinajstić information content (AvgIpc) is 2.69. The lowest BCUT2D eigenvalue weighted by Crippen LogP contribution is -2.14. The summed E-state index contributed by atoms with van der Waals surface area (Å²) in [5, 5.41) is 2.73. The third-order valence-corrected chi connectivity index (χ3v) is 5.75. The Morgan fingerprint density at radius 1 is 0.929 bits per heavy atom. The number of carbonyl (C=O) groups excluding carboxylic acids is 1. The number of para-hydroxylation sites is 1. The molecule has 6 nitrogen and oxygen atoms in total. The number of benzene rings is 3. The van der Waals surface area contributed by atoms with Crippen LogP contribution in [0, 0.1) is 0 Å². The Morgan fingerprint density at radius 2 is 1.61 bits per heavy atom. The Morgan fingerprint density at radius 3 is 2.25 bits per heavy atom. The van der Waals surface area contributed by atoms with Crippen LogP contribution < -0.4 is 14.8 Å². The lowest BCUT2D eigenvalue weighted by molar-refractivity contribution is 0.102.